The molecule has 0 atom stereocenters. The Morgan fingerprint density at radius 2 is 1.87 bits per heavy atom. The summed E-state index contributed by atoms with van der Waals surface area (Å²) in [5, 5.41) is 21.0. The number of anilines is 1. The second-order valence-corrected chi connectivity index (χ2v) is 7.14. The second-order valence-electron chi connectivity index (χ2n) is 7.14. The van der Waals surface area contributed by atoms with E-state index in [0.29, 0.717) is 22.6 Å². The van der Waals surface area contributed by atoms with E-state index < -0.39 is 12.5 Å². The molecule has 30 heavy (non-hydrogen) atoms. The highest BCUT2D eigenvalue weighted by atomic mass is 16.3. The third-order valence-electron chi connectivity index (χ3n) is 4.68. The summed E-state index contributed by atoms with van der Waals surface area (Å²) in [6, 6.07) is 16.3. The minimum Gasteiger partial charge on any atom is -0.387 e. The molecule has 0 radical (unpaired) electrons. The predicted octanol–water partition coefficient (Wildman–Crippen LogP) is 2.74. The van der Waals surface area contributed by atoms with E-state index in [2.05, 4.69) is 10.4 Å². The Morgan fingerprint density at radius 1 is 1.10 bits per heavy atom. The molecule has 1 amide bonds. The van der Waals surface area contributed by atoms with Gasteiger partial charge in [0.15, 0.2) is 0 Å². The number of aromatic nitrogens is 4. The van der Waals surface area contributed by atoms with E-state index in [9.17, 15) is 9.59 Å². The fourth-order valence-electron chi connectivity index (χ4n) is 3.30. The maximum Gasteiger partial charge on any atom is 0.267 e. The molecule has 0 unspecified atom stereocenters. The third-order valence-corrected chi connectivity index (χ3v) is 4.68. The molecule has 1 aromatic carbocycles. The Morgan fingerprint density at radius 3 is 2.57 bits per heavy atom. The van der Waals surface area contributed by atoms with Crippen LogP contribution in [0.3, 0.4) is 0 Å². The first kappa shape index (κ1) is 19.5. The highest BCUT2D eigenvalue weighted by Gasteiger charge is 2.19. The van der Waals surface area contributed by atoms with Gasteiger partial charge in [-0.15, -0.1) is 0 Å². The Balaban J connectivity index is 1.99. The summed E-state index contributed by atoms with van der Waals surface area (Å²) in [7, 11) is 0. The second kappa shape index (κ2) is 7.92. The molecule has 4 aromatic rings. The summed E-state index contributed by atoms with van der Waals surface area (Å²) in [6.45, 7) is 3.19. The summed E-state index contributed by atoms with van der Waals surface area (Å²) in [5.74, 6) is -0.504. The monoisotopic (exact) mass is 403 g/mol. The standard InChI is InChI=1S/C22H21N5O3/c1-14(2)27-20(30)9-8-17(24-27)21-18-12-16(23-19(29)13-28)10-11-26(18)25-22(21)15-6-4-3-5-7-15/h3-12,14,28H,13H2,1-2H3,(H,23,29). The average Bonchev–Trinajstić information content (AvgIpc) is 3.13. The average molecular weight is 403 g/mol. The molecule has 0 bridgehead atoms. The van der Waals surface area contributed by atoms with Gasteiger partial charge in [0, 0.05) is 23.5 Å². The van der Waals surface area contributed by atoms with Gasteiger partial charge in [-0.3, -0.25) is 9.59 Å². The van der Waals surface area contributed by atoms with Crippen LogP contribution < -0.4 is 10.9 Å². The van der Waals surface area contributed by atoms with Crippen molar-refractivity contribution in [3.05, 3.63) is 71.1 Å². The lowest BCUT2D eigenvalue weighted by Crippen LogP contribution is -2.23. The number of hydrogen-bond donors (Lipinski definition) is 2. The lowest BCUT2D eigenvalue weighted by Gasteiger charge is -2.11. The summed E-state index contributed by atoms with van der Waals surface area (Å²) in [6.07, 6.45) is 1.73. The van der Waals surface area contributed by atoms with E-state index in [1.165, 1.54) is 10.7 Å². The van der Waals surface area contributed by atoms with Crippen molar-refractivity contribution >= 4 is 17.1 Å². The van der Waals surface area contributed by atoms with Crippen LogP contribution in [0.1, 0.15) is 19.9 Å². The van der Waals surface area contributed by atoms with Crippen molar-refractivity contribution in [2.24, 2.45) is 0 Å². The van der Waals surface area contributed by atoms with Gasteiger partial charge in [0.1, 0.15) is 12.3 Å². The largest absolute Gasteiger partial charge is 0.387 e. The van der Waals surface area contributed by atoms with Gasteiger partial charge >= 0.3 is 0 Å². The van der Waals surface area contributed by atoms with E-state index in [0.717, 1.165) is 11.1 Å². The Kier molecular flexibility index (Phi) is 5.16. The number of aliphatic hydroxyl groups excluding tert-OH is 1. The zero-order valence-electron chi connectivity index (χ0n) is 16.6. The van der Waals surface area contributed by atoms with Crippen molar-refractivity contribution in [1.82, 2.24) is 19.4 Å². The Labute approximate surface area is 172 Å². The number of nitrogens with zero attached hydrogens (tertiary/aromatic N) is 4. The molecule has 0 aliphatic carbocycles. The minimum atomic E-state index is -0.604. The molecule has 3 heterocycles. The number of hydrogen-bond acceptors (Lipinski definition) is 5. The number of carbonyl (C=O) groups is 1. The first-order valence-electron chi connectivity index (χ1n) is 9.56. The number of fused-ring (bicyclic) bond motifs is 1. The molecule has 8 nitrogen and oxygen atoms in total. The van der Waals surface area contributed by atoms with Crippen molar-refractivity contribution in [3.63, 3.8) is 0 Å². The maximum atomic E-state index is 12.2. The number of rotatable bonds is 5. The Bertz CT molecular complexity index is 1280. The number of carbonyl (C=O) groups excluding carboxylic acids is 1. The molecule has 0 spiro atoms. The van der Waals surface area contributed by atoms with Crippen LogP contribution in [-0.4, -0.2) is 37.0 Å². The molecule has 0 fully saturated rings. The van der Waals surface area contributed by atoms with Gasteiger partial charge in [-0.05, 0) is 32.0 Å². The van der Waals surface area contributed by atoms with Crippen LogP contribution in [0, 0.1) is 0 Å². The molecule has 3 aromatic heterocycles. The van der Waals surface area contributed by atoms with E-state index in [-0.39, 0.29) is 11.6 Å². The van der Waals surface area contributed by atoms with Gasteiger partial charge in [-0.1, -0.05) is 30.3 Å². The molecule has 0 saturated heterocycles. The number of amides is 1. The van der Waals surface area contributed by atoms with Crippen LogP contribution in [0.5, 0.6) is 0 Å². The SMILES string of the molecule is CC(C)n1nc(-c2c(-c3ccccc3)nn3ccc(NC(=O)CO)cc23)ccc1=O. The highest BCUT2D eigenvalue weighted by molar-refractivity contribution is 5.95. The van der Waals surface area contributed by atoms with Crippen LogP contribution in [0.25, 0.3) is 28.0 Å². The normalized spacial score (nSPS) is 11.2. The molecule has 0 aliphatic heterocycles. The number of benzene rings is 1. The smallest absolute Gasteiger partial charge is 0.267 e. The summed E-state index contributed by atoms with van der Waals surface area (Å²) in [5.41, 5.74) is 4.02. The fraction of sp³-hybridized carbons (Fsp3) is 0.182. The van der Waals surface area contributed by atoms with Crippen molar-refractivity contribution in [2.45, 2.75) is 19.9 Å². The van der Waals surface area contributed by atoms with E-state index in [4.69, 9.17) is 10.2 Å². The lowest BCUT2D eigenvalue weighted by molar-refractivity contribution is -0.118. The first-order valence-corrected chi connectivity index (χ1v) is 9.56. The molecule has 0 saturated carbocycles. The summed E-state index contributed by atoms with van der Waals surface area (Å²) < 4.78 is 3.14. The molecule has 0 aliphatic rings. The van der Waals surface area contributed by atoms with Crippen LogP contribution in [0.4, 0.5) is 5.69 Å². The van der Waals surface area contributed by atoms with Crippen molar-refractivity contribution < 1.29 is 9.90 Å². The molecule has 8 heteroatoms. The summed E-state index contributed by atoms with van der Waals surface area (Å²) in [4.78, 5) is 23.8. The van der Waals surface area contributed by atoms with Gasteiger partial charge < -0.3 is 10.4 Å². The van der Waals surface area contributed by atoms with Crippen molar-refractivity contribution in [1.29, 1.82) is 0 Å². The summed E-state index contributed by atoms with van der Waals surface area (Å²) >= 11 is 0. The maximum absolute atomic E-state index is 12.2. The predicted molar refractivity (Wildman–Crippen MR) is 114 cm³/mol. The first-order chi connectivity index (χ1) is 14.5. The lowest BCUT2D eigenvalue weighted by atomic mass is 10.0. The van der Waals surface area contributed by atoms with Gasteiger partial charge in [0.05, 0.1) is 22.8 Å². The van der Waals surface area contributed by atoms with Crippen molar-refractivity contribution in [3.8, 4) is 22.5 Å². The topological polar surface area (TPSA) is 102 Å². The van der Waals surface area contributed by atoms with Gasteiger partial charge in [-0.2, -0.15) is 10.2 Å². The van der Waals surface area contributed by atoms with E-state index in [1.54, 1.807) is 28.9 Å². The van der Waals surface area contributed by atoms with Crippen molar-refractivity contribution in [2.75, 3.05) is 11.9 Å². The molecule has 152 valence electrons. The number of pyridine rings is 1. The van der Waals surface area contributed by atoms with E-state index in [1.807, 2.05) is 44.2 Å². The zero-order valence-corrected chi connectivity index (χ0v) is 16.6. The van der Waals surface area contributed by atoms with Crippen LogP contribution in [0.2, 0.25) is 0 Å². The van der Waals surface area contributed by atoms with E-state index >= 15 is 0 Å². The van der Waals surface area contributed by atoms with Gasteiger partial charge in [0.2, 0.25) is 5.91 Å². The molecular formula is C22H21N5O3. The van der Waals surface area contributed by atoms with Gasteiger partial charge in [0.25, 0.3) is 5.56 Å². The van der Waals surface area contributed by atoms with Gasteiger partial charge in [-0.25, -0.2) is 9.20 Å². The molecule has 2 N–H and O–H groups in total. The minimum absolute atomic E-state index is 0.0983. The quantitative estimate of drug-likeness (QED) is 0.534. The Hall–Kier alpha value is -3.78. The number of aliphatic hydroxyl groups is 1. The highest BCUT2D eigenvalue weighted by Crippen LogP contribution is 2.34. The fourth-order valence-corrected chi connectivity index (χ4v) is 3.30. The molecular weight excluding hydrogens is 382 g/mol. The zero-order chi connectivity index (χ0) is 21.3. The van der Waals surface area contributed by atoms with Crippen LogP contribution in [0.15, 0.2) is 65.6 Å². The van der Waals surface area contributed by atoms with Crippen LogP contribution >= 0.6 is 0 Å². The molecule has 4 rings (SSSR count). The van der Waals surface area contributed by atoms with Crippen LogP contribution in [-0.2, 0) is 4.79 Å². The third kappa shape index (κ3) is 3.60. The number of nitrogens with one attached hydrogen (secondary N) is 1.